The zero-order valence-corrected chi connectivity index (χ0v) is 12.1. The van der Waals surface area contributed by atoms with Crippen molar-refractivity contribution in [2.75, 3.05) is 17.2 Å². The van der Waals surface area contributed by atoms with Gasteiger partial charge in [-0.25, -0.2) is 4.98 Å². The molecule has 106 valence electrons. The molecular weight excluding hydrogens is 286 g/mol. The minimum absolute atomic E-state index is 0.218. The predicted molar refractivity (Wildman–Crippen MR) is 83.8 cm³/mol. The summed E-state index contributed by atoms with van der Waals surface area (Å²) >= 11 is 1.28. The van der Waals surface area contributed by atoms with Crippen molar-refractivity contribution in [3.05, 3.63) is 41.4 Å². The van der Waals surface area contributed by atoms with E-state index < -0.39 is 0 Å². The number of aromatic nitrogens is 3. The maximum absolute atomic E-state index is 12.5. The zero-order valence-electron chi connectivity index (χ0n) is 11.3. The Morgan fingerprint density at radius 3 is 2.95 bits per heavy atom. The van der Waals surface area contributed by atoms with Crippen LogP contribution in [0.3, 0.4) is 0 Å². The van der Waals surface area contributed by atoms with E-state index in [-0.39, 0.29) is 5.91 Å². The molecule has 0 aliphatic heterocycles. The number of nitrogens with one attached hydrogen (secondary N) is 2. The second-order valence-corrected chi connectivity index (χ2v) is 5.13. The molecule has 0 bridgehead atoms. The van der Waals surface area contributed by atoms with E-state index in [9.17, 15) is 4.79 Å². The fourth-order valence-corrected chi connectivity index (χ4v) is 2.47. The van der Waals surface area contributed by atoms with Gasteiger partial charge in [0.15, 0.2) is 0 Å². The first-order valence-electron chi connectivity index (χ1n) is 6.49. The fraction of sp³-hybridized carbons (Fsp3) is 0.143. The molecule has 3 aromatic rings. The molecule has 0 fully saturated rings. The number of anilines is 2. The average Bonchev–Trinajstić information content (AvgIpc) is 2.99. The highest BCUT2D eigenvalue weighted by molar-refractivity contribution is 7.13. The Kier molecular flexibility index (Phi) is 3.74. The predicted octanol–water partition coefficient (Wildman–Crippen LogP) is 2.77. The highest BCUT2D eigenvalue weighted by atomic mass is 32.1. The number of rotatable bonds is 4. The molecule has 3 rings (SSSR count). The second kappa shape index (κ2) is 5.84. The molecule has 2 aromatic heterocycles. The van der Waals surface area contributed by atoms with Crippen molar-refractivity contribution in [3.63, 3.8) is 0 Å². The number of benzene rings is 1. The van der Waals surface area contributed by atoms with Crippen molar-refractivity contribution < 1.29 is 4.79 Å². The molecular formula is C14H13N5OS. The van der Waals surface area contributed by atoms with E-state index in [0.717, 1.165) is 17.4 Å². The molecule has 2 N–H and O–H groups in total. The maximum Gasteiger partial charge on any atom is 0.258 e. The third-order valence-corrected chi connectivity index (χ3v) is 3.51. The minimum Gasteiger partial charge on any atom is -0.370 e. The summed E-state index contributed by atoms with van der Waals surface area (Å²) in [6.07, 6.45) is 0. The highest BCUT2D eigenvalue weighted by Gasteiger charge is 2.14. The Morgan fingerprint density at radius 1 is 1.33 bits per heavy atom. The van der Waals surface area contributed by atoms with E-state index >= 15 is 0 Å². The maximum atomic E-state index is 12.5. The van der Waals surface area contributed by atoms with E-state index in [1.54, 1.807) is 11.6 Å². The summed E-state index contributed by atoms with van der Waals surface area (Å²) < 4.78 is 0. The lowest BCUT2D eigenvalue weighted by molar-refractivity contribution is 0.102. The molecule has 0 aliphatic carbocycles. The molecule has 0 radical (unpaired) electrons. The van der Waals surface area contributed by atoms with E-state index in [2.05, 4.69) is 25.8 Å². The van der Waals surface area contributed by atoms with Crippen molar-refractivity contribution in [2.45, 2.75) is 6.92 Å². The number of pyridine rings is 1. The Morgan fingerprint density at radius 2 is 2.19 bits per heavy atom. The molecule has 1 amide bonds. The number of fused-ring (bicyclic) bond motifs is 1. The van der Waals surface area contributed by atoms with Crippen LogP contribution in [0.2, 0.25) is 0 Å². The van der Waals surface area contributed by atoms with Gasteiger partial charge in [-0.2, -0.15) is 0 Å². The lowest BCUT2D eigenvalue weighted by Crippen LogP contribution is -2.13. The van der Waals surface area contributed by atoms with Gasteiger partial charge in [-0.15, -0.1) is 10.2 Å². The minimum atomic E-state index is -0.218. The Labute approximate surface area is 125 Å². The third-order valence-electron chi connectivity index (χ3n) is 2.90. The fourth-order valence-electron chi connectivity index (χ4n) is 2.03. The number of carbonyl (C=O) groups excluding carboxylic acids is 1. The van der Waals surface area contributed by atoms with Gasteiger partial charge >= 0.3 is 0 Å². The summed E-state index contributed by atoms with van der Waals surface area (Å²) in [4.78, 5) is 16.9. The van der Waals surface area contributed by atoms with Crippen molar-refractivity contribution in [2.24, 2.45) is 0 Å². The third kappa shape index (κ3) is 2.82. The number of amides is 1. The molecule has 0 saturated heterocycles. The van der Waals surface area contributed by atoms with Gasteiger partial charge in [0, 0.05) is 11.9 Å². The molecule has 0 aliphatic rings. The van der Waals surface area contributed by atoms with Crippen LogP contribution in [0.25, 0.3) is 10.9 Å². The van der Waals surface area contributed by atoms with Crippen LogP contribution in [0.15, 0.2) is 35.8 Å². The molecule has 2 heterocycles. The quantitative estimate of drug-likeness (QED) is 0.774. The monoisotopic (exact) mass is 299 g/mol. The largest absolute Gasteiger partial charge is 0.370 e. The Bertz CT molecular complexity index is 772. The van der Waals surface area contributed by atoms with E-state index in [1.807, 2.05) is 31.2 Å². The standard InChI is InChI=1S/C14H13N5OS/c1-2-15-12-7-10(9-5-3-4-6-11(9)17-12)13(20)18-14-19-16-8-21-14/h3-8H,2H2,1H3,(H,15,17)(H,18,19,20). The summed E-state index contributed by atoms with van der Waals surface area (Å²) in [5, 5.41) is 14.7. The van der Waals surface area contributed by atoms with Gasteiger partial charge in [0.25, 0.3) is 5.91 Å². The van der Waals surface area contributed by atoms with Crippen molar-refractivity contribution in [1.29, 1.82) is 0 Å². The lowest BCUT2D eigenvalue weighted by Gasteiger charge is -2.09. The van der Waals surface area contributed by atoms with Crippen LogP contribution >= 0.6 is 11.3 Å². The van der Waals surface area contributed by atoms with E-state index in [1.165, 1.54) is 11.3 Å². The lowest BCUT2D eigenvalue weighted by atomic mass is 10.1. The smallest absolute Gasteiger partial charge is 0.258 e. The molecule has 21 heavy (non-hydrogen) atoms. The Balaban J connectivity index is 2.04. The molecule has 1 aromatic carbocycles. The van der Waals surface area contributed by atoms with Gasteiger partial charge < -0.3 is 5.32 Å². The van der Waals surface area contributed by atoms with Crippen LogP contribution in [0.4, 0.5) is 10.9 Å². The van der Waals surface area contributed by atoms with Crippen molar-refractivity contribution in [3.8, 4) is 0 Å². The molecule has 0 unspecified atom stereocenters. The molecule has 7 heteroatoms. The van der Waals surface area contributed by atoms with Gasteiger partial charge in [0.05, 0.1) is 11.1 Å². The van der Waals surface area contributed by atoms with Crippen LogP contribution in [0, 0.1) is 0 Å². The number of hydrogen-bond acceptors (Lipinski definition) is 6. The van der Waals surface area contributed by atoms with E-state index in [0.29, 0.717) is 16.5 Å². The van der Waals surface area contributed by atoms with Crippen LogP contribution in [-0.4, -0.2) is 27.6 Å². The summed E-state index contributed by atoms with van der Waals surface area (Å²) in [6, 6.07) is 9.31. The van der Waals surface area contributed by atoms with Gasteiger partial charge in [-0.05, 0) is 19.1 Å². The number of para-hydroxylation sites is 1. The summed E-state index contributed by atoms with van der Waals surface area (Å²) in [5.74, 6) is 0.461. The first-order valence-corrected chi connectivity index (χ1v) is 7.37. The summed E-state index contributed by atoms with van der Waals surface area (Å²) in [5.41, 5.74) is 2.91. The number of nitrogens with zero attached hydrogens (tertiary/aromatic N) is 3. The van der Waals surface area contributed by atoms with Crippen molar-refractivity contribution >= 4 is 39.1 Å². The average molecular weight is 299 g/mol. The second-order valence-electron chi connectivity index (χ2n) is 4.30. The molecule has 0 atom stereocenters. The van der Waals surface area contributed by atoms with Crippen molar-refractivity contribution in [1.82, 2.24) is 15.2 Å². The van der Waals surface area contributed by atoms with Crippen LogP contribution in [0.5, 0.6) is 0 Å². The van der Waals surface area contributed by atoms with Gasteiger partial charge in [-0.3, -0.25) is 10.1 Å². The first kappa shape index (κ1) is 13.4. The number of carbonyl (C=O) groups is 1. The SMILES string of the molecule is CCNc1cc(C(=O)Nc2nncs2)c2ccccc2n1. The van der Waals surface area contributed by atoms with Gasteiger partial charge in [0.1, 0.15) is 11.3 Å². The van der Waals surface area contributed by atoms with Crippen LogP contribution in [0.1, 0.15) is 17.3 Å². The number of hydrogen-bond donors (Lipinski definition) is 2. The molecule has 0 spiro atoms. The van der Waals surface area contributed by atoms with Gasteiger partial charge in [0.2, 0.25) is 5.13 Å². The summed E-state index contributed by atoms with van der Waals surface area (Å²) in [6.45, 7) is 2.72. The Hall–Kier alpha value is -2.54. The zero-order chi connectivity index (χ0) is 14.7. The molecule has 6 nitrogen and oxygen atoms in total. The molecule has 0 saturated carbocycles. The first-order chi connectivity index (χ1) is 10.3. The van der Waals surface area contributed by atoms with Crippen LogP contribution in [-0.2, 0) is 0 Å². The van der Waals surface area contributed by atoms with Crippen LogP contribution < -0.4 is 10.6 Å². The van der Waals surface area contributed by atoms with E-state index in [4.69, 9.17) is 0 Å². The van der Waals surface area contributed by atoms with Gasteiger partial charge in [-0.1, -0.05) is 29.5 Å². The summed E-state index contributed by atoms with van der Waals surface area (Å²) in [7, 11) is 0. The normalized spacial score (nSPS) is 10.5. The topological polar surface area (TPSA) is 79.8 Å². The highest BCUT2D eigenvalue weighted by Crippen LogP contribution is 2.22.